The normalized spacial score (nSPS) is 15.6. The zero-order valence-corrected chi connectivity index (χ0v) is 9.56. The standard InChI is InChI=1S/C10H16F4N2O/c1-2-9(16,6-15)4-3-5-17-7-10(13,14)8(11)12/h8H,2-5,7,16H2,1H3. The highest BCUT2D eigenvalue weighted by molar-refractivity contribution is 5.03. The van der Waals surface area contributed by atoms with Crippen LogP contribution in [0.3, 0.4) is 0 Å². The van der Waals surface area contributed by atoms with Gasteiger partial charge in [0, 0.05) is 6.61 Å². The van der Waals surface area contributed by atoms with Gasteiger partial charge in [-0.3, -0.25) is 0 Å². The molecule has 0 spiro atoms. The topological polar surface area (TPSA) is 59.0 Å². The molecular weight excluding hydrogens is 240 g/mol. The first-order valence-corrected chi connectivity index (χ1v) is 5.21. The molecule has 3 nitrogen and oxygen atoms in total. The predicted molar refractivity (Wildman–Crippen MR) is 53.8 cm³/mol. The van der Waals surface area contributed by atoms with Gasteiger partial charge in [-0.1, -0.05) is 6.92 Å². The maximum atomic E-state index is 12.4. The lowest BCUT2D eigenvalue weighted by Crippen LogP contribution is -2.37. The van der Waals surface area contributed by atoms with Gasteiger partial charge in [0.05, 0.1) is 6.07 Å². The predicted octanol–water partition coefficient (Wildman–Crippen LogP) is 2.31. The highest BCUT2D eigenvalue weighted by atomic mass is 19.3. The van der Waals surface area contributed by atoms with Gasteiger partial charge in [0.1, 0.15) is 12.1 Å². The molecule has 0 rings (SSSR count). The van der Waals surface area contributed by atoms with Crippen LogP contribution in [0.25, 0.3) is 0 Å². The van der Waals surface area contributed by atoms with Gasteiger partial charge in [-0.2, -0.15) is 14.0 Å². The summed E-state index contributed by atoms with van der Waals surface area (Å²) < 4.78 is 52.7. The Morgan fingerprint density at radius 2 is 2.00 bits per heavy atom. The van der Waals surface area contributed by atoms with Crippen LogP contribution in [0.2, 0.25) is 0 Å². The highest BCUT2D eigenvalue weighted by Crippen LogP contribution is 2.23. The van der Waals surface area contributed by atoms with Crippen LogP contribution in [0, 0.1) is 11.3 Å². The van der Waals surface area contributed by atoms with E-state index in [1.54, 1.807) is 6.92 Å². The first-order valence-electron chi connectivity index (χ1n) is 5.21. The van der Waals surface area contributed by atoms with Crippen molar-refractivity contribution in [1.29, 1.82) is 5.26 Å². The number of halogens is 4. The summed E-state index contributed by atoms with van der Waals surface area (Å²) in [6.45, 7) is 0.291. The molecule has 7 heteroatoms. The SMILES string of the molecule is CCC(N)(C#N)CCCOCC(F)(F)C(F)F. The molecule has 17 heavy (non-hydrogen) atoms. The summed E-state index contributed by atoms with van der Waals surface area (Å²) in [6, 6.07) is 1.91. The van der Waals surface area contributed by atoms with Crippen LogP contribution in [0.1, 0.15) is 26.2 Å². The third kappa shape index (κ3) is 5.84. The molecule has 0 amide bonds. The summed E-state index contributed by atoms with van der Waals surface area (Å²) in [7, 11) is 0. The molecule has 1 atom stereocenters. The van der Waals surface area contributed by atoms with E-state index in [0.29, 0.717) is 6.42 Å². The van der Waals surface area contributed by atoms with Gasteiger partial charge in [0.15, 0.2) is 0 Å². The molecule has 0 radical (unpaired) electrons. The molecular formula is C10H16F4N2O. The van der Waals surface area contributed by atoms with E-state index in [0.717, 1.165) is 0 Å². The van der Waals surface area contributed by atoms with Crippen LogP contribution < -0.4 is 5.73 Å². The second-order valence-electron chi connectivity index (χ2n) is 3.84. The van der Waals surface area contributed by atoms with Gasteiger partial charge in [0.2, 0.25) is 0 Å². The smallest absolute Gasteiger partial charge is 0.330 e. The van der Waals surface area contributed by atoms with Crippen molar-refractivity contribution in [3.63, 3.8) is 0 Å². The number of ether oxygens (including phenoxy) is 1. The van der Waals surface area contributed by atoms with Crippen LogP contribution in [-0.4, -0.2) is 31.1 Å². The Hall–Kier alpha value is -0.870. The quantitative estimate of drug-likeness (QED) is 0.535. The molecule has 0 aromatic rings. The van der Waals surface area contributed by atoms with Gasteiger partial charge >= 0.3 is 12.3 Å². The third-order valence-corrected chi connectivity index (χ3v) is 2.38. The van der Waals surface area contributed by atoms with Crippen molar-refractivity contribution in [2.75, 3.05) is 13.2 Å². The molecule has 0 heterocycles. The second-order valence-corrected chi connectivity index (χ2v) is 3.84. The van der Waals surface area contributed by atoms with E-state index in [4.69, 9.17) is 11.0 Å². The Morgan fingerprint density at radius 1 is 1.41 bits per heavy atom. The minimum Gasteiger partial charge on any atom is -0.375 e. The zero-order chi connectivity index (χ0) is 13.5. The Kier molecular flexibility index (Phi) is 6.42. The van der Waals surface area contributed by atoms with Crippen LogP contribution in [-0.2, 0) is 4.74 Å². The average molecular weight is 256 g/mol. The molecule has 0 saturated heterocycles. The first kappa shape index (κ1) is 16.1. The minimum absolute atomic E-state index is 0.122. The Morgan fingerprint density at radius 3 is 2.41 bits per heavy atom. The lowest BCUT2D eigenvalue weighted by Gasteiger charge is -2.19. The Bertz CT molecular complexity index is 268. The van der Waals surface area contributed by atoms with Gasteiger partial charge in [0.25, 0.3) is 0 Å². The molecule has 100 valence electrons. The Labute approximate surface area is 97.5 Å². The number of hydrogen-bond donors (Lipinski definition) is 1. The molecule has 0 aliphatic rings. The van der Waals surface area contributed by atoms with Crippen molar-refractivity contribution < 1.29 is 22.3 Å². The Balaban J connectivity index is 3.78. The summed E-state index contributed by atoms with van der Waals surface area (Å²) in [4.78, 5) is 0. The molecule has 1 unspecified atom stereocenters. The van der Waals surface area contributed by atoms with Crippen molar-refractivity contribution in [2.24, 2.45) is 5.73 Å². The van der Waals surface area contributed by atoms with Crippen molar-refractivity contribution in [1.82, 2.24) is 0 Å². The van der Waals surface area contributed by atoms with E-state index in [-0.39, 0.29) is 19.4 Å². The van der Waals surface area contributed by atoms with Crippen LogP contribution in [0.5, 0.6) is 0 Å². The number of rotatable bonds is 8. The minimum atomic E-state index is -4.13. The second kappa shape index (κ2) is 6.77. The number of nitrogens with two attached hydrogens (primary N) is 1. The van der Waals surface area contributed by atoms with Gasteiger partial charge in [-0.05, 0) is 19.3 Å². The van der Waals surface area contributed by atoms with Gasteiger partial charge < -0.3 is 10.5 Å². The highest BCUT2D eigenvalue weighted by Gasteiger charge is 2.40. The van der Waals surface area contributed by atoms with Crippen LogP contribution >= 0.6 is 0 Å². The molecule has 0 fully saturated rings. The summed E-state index contributed by atoms with van der Waals surface area (Å²) in [5.41, 5.74) is 4.62. The first-order chi connectivity index (χ1) is 7.77. The molecule has 0 aliphatic carbocycles. The lowest BCUT2D eigenvalue weighted by atomic mass is 9.94. The van der Waals surface area contributed by atoms with Crippen molar-refractivity contribution in [3.05, 3.63) is 0 Å². The summed E-state index contributed by atoms with van der Waals surface area (Å²) >= 11 is 0. The lowest BCUT2D eigenvalue weighted by molar-refractivity contribution is -0.166. The van der Waals surface area contributed by atoms with E-state index >= 15 is 0 Å². The fraction of sp³-hybridized carbons (Fsp3) is 0.900. The number of nitrogens with zero attached hydrogens (tertiary/aromatic N) is 1. The van der Waals surface area contributed by atoms with E-state index in [1.807, 2.05) is 6.07 Å². The van der Waals surface area contributed by atoms with E-state index in [9.17, 15) is 17.6 Å². The molecule has 0 bridgehead atoms. The monoisotopic (exact) mass is 256 g/mol. The summed E-state index contributed by atoms with van der Waals surface area (Å²) in [6.07, 6.45) is -2.75. The van der Waals surface area contributed by atoms with Crippen molar-refractivity contribution in [2.45, 2.75) is 44.1 Å². The molecule has 2 N–H and O–H groups in total. The molecule has 0 saturated carbocycles. The third-order valence-electron chi connectivity index (χ3n) is 2.38. The zero-order valence-electron chi connectivity index (χ0n) is 9.56. The van der Waals surface area contributed by atoms with E-state index in [1.165, 1.54) is 0 Å². The largest absolute Gasteiger partial charge is 0.375 e. The molecule has 0 aliphatic heterocycles. The van der Waals surface area contributed by atoms with Gasteiger partial charge in [-0.25, -0.2) is 8.78 Å². The summed E-state index contributed by atoms with van der Waals surface area (Å²) in [5.74, 6) is -4.13. The van der Waals surface area contributed by atoms with Crippen molar-refractivity contribution >= 4 is 0 Å². The van der Waals surface area contributed by atoms with Gasteiger partial charge in [-0.15, -0.1) is 0 Å². The van der Waals surface area contributed by atoms with E-state index < -0.39 is 24.5 Å². The number of alkyl halides is 4. The van der Waals surface area contributed by atoms with Crippen molar-refractivity contribution in [3.8, 4) is 6.07 Å². The number of nitriles is 1. The molecule has 0 aromatic heterocycles. The fourth-order valence-corrected chi connectivity index (χ4v) is 1.07. The maximum absolute atomic E-state index is 12.4. The molecule has 0 aromatic carbocycles. The summed E-state index contributed by atoms with van der Waals surface area (Å²) in [5, 5.41) is 8.71. The average Bonchev–Trinajstić information content (AvgIpc) is 2.28. The fourth-order valence-electron chi connectivity index (χ4n) is 1.07. The number of hydrogen-bond acceptors (Lipinski definition) is 3. The maximum Gasteiger partial charge on any atom is 0.330 e. The van der Waals surface area contributed by atoms with E-state index in [2.05, 4.69) is 4.74 Å². The van der Waals surface area contributed by atoms with Crippen LogP contribution in [0.15, 0.2) is 0 Å². The van der Waals surface area contributed by atoms with Crippen LogP contribution in [0.4, 0.5) is 17.6 Å².